The number of aromatic nitrogens is 2. The molecular formula is C26H36N6O3. The van der Waals surface area contributed by atoms with Crippen LogP contribution in [0.5, 0.6) is 11.5 Å². The van der Waals surface area contributed by atoms with Crippen LogP contribution in [0.25, 0.3) is 10.9 Å². The summed E-state index contributed by atoms with van der Waals surface area (Å²) in [5.74, 6) is 1.94. The summed E-state index contributed by atoms with van der Waals surface area (Å²) in [5, 5.41) is 9.85. The van der Waals surface area contributed by atoms with Crippen LogP contribution in [0.1, 0.15) is 33.6 Å². The number of likely N-dealkylation sites (N-methyl/N-ethyl adjacent to an activating group) is 1. The Morgan fingerprint density at radius 3 is 2.43 bits per heavy atom. The average Bonchev–Trinajstić information content (AvgIpc) is 2.87. The Balaban J connectivity index is 1.73. The van der Waals surface area contributed by atoms with Gasteiger partial charge in [-0.15, -0.1) is 0 Å². The van der Waals surface area contributed by atoms with Gasteiger partial charge in [0.1, 0.15) is 18.8 Å². The quantitative estimate of drug-likeness (QED) is 0.295. The second-order valence-corrected chi connectivity index (χ2v) is 8.05. The van der Waals surface area contributed by atoms with Crippen LogP contribution in [-0.4, -0.2) is 60.8 Å². The monoisotopic (exact) mass is 480 g/mol. The maximum Gasteiger partial charge on any atom is 0.319 e. The molecule has 0 atom stereocenters. The first kappa shape index (κ1) is 26.0. The lowest BCUT2D eigenvalue weighted by molar-refractivity contribution is 0.217. The maximum absolute atomic E-state index is 12.0. The van der Waals surface area contributed by atoms with Gasteiger partial charge in [-0.05, 0) is 49.8 Å². The predicted molar refractivity (Wildman–Crippen MR) is 141 cm³/mol. The first-order valence-corrected chi connectivity index (χ1v) is 12.2. The molecule has 0 radical (unpaired) electrons. The highest BCUT2D eigenvalue weighted by Gasteiger charge is 2.13. The molecule has 3 N–H and O–H groups in total. The number of anilines is 3. The van der Waals surface area contributed by atoms with Gasteiger partial charge in [-0.2, -0.15) is 0 Å². The van der Waals surface area contributed by atoms with Crippen molar-refractivity contribution in [2.45, 2.75) is 33.6 Å². The topological polar surface area (TPSA) is 101 Å². The van der Waals surface area contributed by atoms with Crippen molar-refractivity contribution in [2.75, 3.05) is 50.5 Å². The third kappa shape index (κ3) is 7.45. The number of amides is 2. The minimum Gasteiger partial charge on any atom is -0.493 e. The highest BCUT2D eigenvalue weighted by Crippen LogP contribution is 2.34. The Labute approximate surface area is 207 Å². The van der Waals surface area contributed by atoms with Crippen molar-refractivity contribution in [3.63, 3.8) is 0 Å². The van der Waals surface area contributed by atoms with Crippen molar-refractivity contribution in [3.8, 4) is 11.5 Å². The second-order valence-electron chi connectivity index (χ2n) is 8.05. The van der Waals surface area contributed by atoms with Gasteiger partial charge >= 0.3 is 6.03 Å². The molecule has 0 saturated heterocycles. The molecule has 9 heteroatoms. The molecule has 0 aliphatic rings. The predicted octanol–water partition coefficient (Wildman–Crippen LogP) is 5.02. The smallest absolute Gasteiger partial charge is 0.319 e. The Hall–Kier alpha value is -3.59. The van der Waals surface area contributed by atoms with Crippen LogP contribution < -0.4 is 25.4 Å². The molecule has 0 fully saturated rings. The number of ether oxygens (including phenoxy) is 2. The van der Waals surface area contributed by atoms with Crippen LogP contribution in [0, 0.1) is 0 Å². The zero-order chi connectivity index (χ0) is 25.0. The Morgan fingerprint density at radius 1 is 1.00 bits per heavy atom. The van der Waals surface area contributed by atoms with Crippen LogP contribution in [0.15, 0.2) is 42.7 Å². The fourth-order valence-corrected chi connectivity index (χ4v) is 3.59. The van der Waals surface area contributed by atoms with Crippen molar-refractivity contribution in [1.29, 1.82) is 0 Å². The van der Waals surface area contributed by atoms with Gasteiger partial charge in [-0.1, -0.05) is 27.2 Å². The molecule has 35 heavy (non-hydrogen) atoms. The minimum atomic E-state index is -0.205. The number of nitrogens with zero attached hydrogens (tertiary/aromatic N) is 3. The van der Waals surface area contributed by atoms with Crippen LogP contribution in [0.2, 0.25) is 0 Å². The summed E-state index contributed by atoms with van der Waals surface area (Å²) in [4.78, 5) is 23.1. The van der Waals surface area contributed by atoms with E-state index in [2.05, 4.69) is 51.6 Å². The molecule has 0 aliphatic carbocycles. The number of urea groups is 1. The van der Waals surface area contributed by atoms with E-state index in [4.69, 9.17) is 9.47 Å². The van der Waals surface area contributed by atoms with Crippen molar-refractivity contribution in [1.82, 2.24) is 20.2 Å². The average molecular weight is 481 g/mol. The van der Waals surface area contributed by atoms with Crippen LogP contribution in [-0.2, 0) is 0 Å². The largest absolute Gasteiger partial charge is 0.493 e. The Morgan fingerprint density at radius 2 is 1.74 bits per heavy atom. The van der Waals surface area contributed by atoms with Crippen molar-refractivity contribution >= 4 is 34.1 Å². The number of nitrogens with one attached hydrogen (secondary N) is 3. The number of benzene rings is 2. The number of rotatable bonds is 13. The van der Waals surface area contributed by atoms with Gasteiger partial charge in [0.05, 0.1) is 12.6 Å². The molecule has 0 unspecified atom stereocenters. The number of carbonyl (C=O) groups is 1. The standard InChI is InChI=1S/C26H36N6O3/c1-5-8-13-27-26(33)31-20-11-9-19(10-12-20)30-25-21-16-24(35-15-14-32(6-2)7-3)23(34-4)17-22(21)28-18-29-25/h9-12,16-18H,5-8,13-15H2,1-4H3,(H2,27,31,33)(H,28,29,30). The van der Waals surface area contributed by atoms with E-state index >= 15 is 0 Å². The van der Waals surface area contributed by atoms with E-state index in [1.54, 1.807) is 7.11 Å². The van der Waals surface area contributed by atoms with Gasteiger partial charge in [-0.3, -0.25) is 0 Å². The zero-order valence-electron chi connectivity index (χ0n) is 21.1. The normalized spacial score (nSPS) is 10.9. The van der Waals surface area contributed by atoms with Crippen molar-refractivity contribution < 1.29 is 14.3 Å². The summed E-state index contributed by atoms with van der Waals surface area (Å²) in [5.41, 5.74) is 2.30. The lowest BCUT2D eigenvalue weighted by Gasteiger charge is -2.19. The number of methoxy groups -OCH3 is 1. The van der Waals surface area contributed by atoms with Crippen LogP contribution >= 0.6 is 0 Å². The number of fused-ring (bicyclic) bond motifs is 1. The fraction of sp³-hybridized carbons (Fsp3) is 0.423. The van der Waals surface area contributed by atoms with E-state index in [9.17, 15) is 4.79 Å². The summed E-state index contributed by atoms with van der Waals surface area (Å²) >= 11 is 0. The molecule has 0 spiro atoms. The molecule has 188 valence electrons. The molecule has 3 rings (SSSR count). The van der Waals surface area contributed by atoms with Gasteiger partial charge < -0.3 is 30.3 Å². The van der Waals surface area contributed by atoms with Crippen LogP contribution in [0.4, 0.5) is 22.0 Å². The van der Waals surface area contributed by atoms with E-state index in [0.717, 1.165) is 49.1 Å². The first-order valence-electron chi connectivity index (χ1n) is 12.2. The molecule has 0 saturated carbocycles. The van der Waals surface area contributed by atoms with E-state index in [1.807, 2.05) is 36.4 Å². The number of hydrogen-bond donors (Lipinski definition) is 3. The summed E-state index contributed by atoms with van der Waals surface area (Å²) in [6, 6.07) is 11.0. The summed E-state index contributed by atoms with van der Waals surface area (Å²) in [7, 11) is 1.62. The molecule has 0 bridgehead atoms. The molecule has 9 nitrogen and oxygen atoms in total. The molecule has 1 heterocycles. The summed E-state index contributed by atoms with van der Waals surface area (Å²) in [6.07, 6.45) is 3.51. The summed E-state index contributed by atoms with van der Waals surface area (Å²) < 4.78 is 11.6. The Bertz CT molecular complexity index is 1090. The molecule has 0 aliphatic heterocycles. The highest BCUT2D eigenvalue weighted by molar-refractivity contribution is 5.93. The second kappa shape index (κ2) is 13.3. The zero-order valence-corrected chi connectivity index (χ0v) is 21.1. The van der Waals surface area contributed by atoms with Crippen molar-refractivity contribution in [3.05, 3.63) is 42.7 Å². The van der Waals surface area contributed by atoms with Gasteiger partial charge in [0.2, 0.25) is 0 Å². The third-order valence-corrected chi connectivity index (χ3v) is 5.70. The lowest BCUT2D eigenvalue weighted by atomic mass is 10.2. The Kier molecular flexibility index (Phi) is 9.92. The van der Waals surface area contributed by atoms with E-state index in [-0.39, 0.29) is 6.03 Å². The SMILES string of the molecule is CCCCNC(=O)Nc1ccc(Nc2ncnc3cc(OC)c(OCCN(CC)CC)cc23)cc1. The van der Waals surface area contributed by atoms with E-state index < -0.39 is 0 Å². The van der Waals surface area contributed by atoms with E-state index in [0.29, 0.717) is 36.2 Å². The van der Waals surface area contributed by atoms with Gasteiger partial charge in [0.25, 0.3) is 0 Å². The van der Waals surface area contributed by atoms with E-state index in [1.165, 1.54) is 6.33 Å². The van der Waals surface area contributed by atoms with Gasteiger partial charge in [0.15, 0.2) is 11.5 Å². The molecular weight excluding hydrogens is 444 g/mol. The first-order chi connectivity index (χ1) is 17.1. The number of carbonyl (C=O) groups excluding carboxylic acids is 1. The fourth-order valence-electron chi connectivity index (χ4n) is 3.59. The highest BCUT2D eigenvalue weighted by atomic mass is 16.5. The lowest BCUT2D eigenvalue weighted by Crippen LogP contribution is -2.29. The molecule has 3 aromatic rings. The van der Waals surface area contributed by atoms with Crippen molar-refractivity contribution in [2.24, 2.45) is 0 Å². The van der Waals surface area contributed by atoms with Gasteiger partial charge in [0, 0.05) is 35.9 Å². The maximum atomic E-state index is 12.0. The molecule has 2 aromatic carbocycles. The number of unbranched alkanes of at least 4 members (excludes halogenated alkanes) is 1. The summed E-state index contributed by atoms with van der Waals surface area (Å²) in [6.45, 7) is 10.4. The molecule has 2 amide bonds. The third-order valence-electron chi connectivity index (χ3n) is 5.70. The van der Waals surface area contributed by atoms with Crippen LogP contribution in [0.3, 0.4) is 0 Å². The van der Waals surface area contributed by atoms with Gasteiger partial charge in [-0.25, -0.2) is 14.8 Å². The molecule has 1 aromatic heterocycles. The minimum absolute atomic E-state index is 0.205. The number of hydrogen-bond acceptors (Lipinski definition) is 7.